The van der Waals surface area contributed by atoms with E-state index in [1.165, 1.54) is 0 Å². The molecule has 0 saturated heterocycles. The zero-order valence-corrected chi connectivity index (χ0v) is 12.2. The highest BCUT2D eigenvalue weighted by molar-refractivity contribution is 7.79. The third-order valence-electron chi connectivity index (χ3n) is 3.59. The number of rotatable bonds is 4. The molecule has 19 heavy (non-hydrogen) atoms. The first-order chi connectivity index (χ1) is 9.02. The van der Waals surface area contributed by atoms with E-state index < -0.39 is 12.5 Å². The first kappa shape index (κ1) is 14.0. The van der Waals surface area contributed by atoms with E-state index in [2.05, 4.69) is 0 Å². The minimum absolute atomic E-state index is 0.439. The zero-order chi connectivity index (χ0) is 13.9. The molecular weight excluding hydrogens is 255 g/mol. The molecule has 2 rings (SSSR count). The van der Waals surface area contributed by atoms with Crippen molar-refractivity contribution < 1.29 is 9.67 Å². The molecule has 2 nitrogen and oxygen atoms in total. The van der Waals surface area contributed by atoms with Crippen LogP contribution in [0.3, 0.4) is 0 Å². The van der Waals surface area contributed by atoms with E-state index in [0.29, 0.717) is 17.0 Å². The van der Waals surface area contributed by atoms with Gasteiger partial charge >= 0.3 is 0 Å². The van der Waals surface area contributed by atoms with Crippen LogP contribution in [0, 0.1) is 0 Å². The normalized spacial score (nSPS) is 14.9. The van der Waals surface area contributed by atoms with Gasteiger partial charge in [-0.05, 0) is 13.3 Å². The summed E-state index contributed by atoms with van der Waals surface area (Å²) >= 11 is 0. The molecule has 2 aromatic rings. The topological polar surface area (TPSA) is 37.3 Å². The lowest BCUT2D eigenvalue weighted by atomic mass is 10.3. The Labute approximate surface area is 114 Å². The van der Waals surface area contributed by atoms with Gasteiger partial charge in [-0.25, -0.2) is 0 Å². The van der Waals surface area contributed by atoms with Gasteiger partial charge in [-0.15, -0.1) is 0 Å². The summed E-state index contributed by atoms with van der Waals surface area (Å²) in [5.74, 6) is 0. The van der Waals surface area contributed by atoms with Crippen LogP contribution < -0.4 is 10.6 Å². The first-order valence-corrected chi connectivity index (χ1v) is 8.17. The molecule has 0 aromatic heterocycles. The highest BCUT2D eigenvalue weighted by Crippen LogP contribution is 2.55. The SMILES string of the molecule is CCC(C)(O)P(=O)(c1ccccc1)c1ccccc1. The lowest BCUT2D eigenvalue weighted by Gasteiger charge is -2.33. The molecule has 0 aliphatic carbocycles. The molecule has 0 aliphatic rings. The second kappa shape index (κ2) is 5.32. The van der Waals surface area contributed by atoms with Crippen LogP contribution in [0.5, 0.6) is 0 Å². The van der Waals surface area contributed by atoms with Crippen molar-refractivity contribution in [3.63, 3.8) is 0 Å². The highest BCUT2D eigenvalue weighted by atomic mass is 31.2. The van der Waals surface area contributed by atoms with Crippen molar-refractivity contribution in [3.8, 4) is 0 Å². The van der Waals surface area contributed by atoms with Gasteiger partial charge in [0.15, 0.2) is 7.14 Å². The Morgan fingerprint density at radius 1 is 0.947 bits per heavy atom. The molecule has 0 aliphatic heterocycles. The van der Waals surface area contributed by atoms with Crippen LogP contribution in [-0.4, -0.2) is 10.4 Å². The van der Waals surface area contributed by atoms with E-state index in [0.717, 1.165) is 0 Å². The standard InChI is InChI=1S/C16H19O2P/c1-3-16(2,17)19(18,14-10-6-4-7-11-14)15-12-8-5-9-13-15/h4-13,17H,3H2,1-2H3. The maximum absolute atomic E-state index is 13.6. The Morgan fingerprint density at radius 2 is 1.32 bits per heavy atom. The van der Waals surface area contributed by atoms with E-state index in [9.17, 15) is 9.67 Å². The molecule has 0 amide bonds. The van der Waals surface area contributed by atoms with Gasteiger partial charge in [-0.1, -0.05) is 67.6 Å². The van der Waals surface area contributed by atoms with Gasteiger partial charge in [0.1, 0.15) is 5.34 Å². The molecule has 1 atom stereocenters. The van der Waals surface area contributed by atoms with Crippen LogP contribution >= 0.6 is 7.14 Å². The summed E-state index contributed by atoms with van der Waals surface area (Å²) in [6.45, 7) is 3.52. The van der Waals surface area contributed by atoms with Gasteiger partial charge in [-0.2, -0.15) is 0 Å². The molecule has 0 bridgehead atoms. The van der Waals surface area contributed by atoms with Crippen LogP contribution in [0.1, 0.15) is 20.3 Å². The second-order valence-electron chi connectivity index (χ2n) is 4.85. The fourth-order valence-corrected chi connectivity index (χ4v) is 5.24. The predicted octanol–water partition coefficient (Wildman–Crippen LogP) is 3.12. The summed E-state index contributed by atoms with van der Waals surface area (Å²) in [4.78, 5) is 0. The van der Waals surface area contributed by atoms with E-state index in [1.54, 1.807) is 6.92 Å². The predicted molar refractivity (Wildman–Crippen MR) is 80.7 cm³/mol. The number of benzene rings is 2. The largest absolute Gasteiger partial charge is 0.382 e. The van der Waals surface area contributed by atoms with Crippen LogP contribution in [0.4, 0.5) is 0 Å². The molecule has 1 N–H and O–H groups in total. The van der Waals surface area contributed by atoms with Crippen LogP contribution in [0.15, 0.2) is 60.7 Å². The highest BCUT2D eigenvalue weighted by Gasteiger charge is 2.43. The van der Waals surface area contributed by atoms with Crippen LogP contribution in [-0.2, 0) is 4.57 Å². The Bertz CT molecular complexity index is 533. The average molecular weight is 274 g/mol. The summed E-state index contributed by atoms with van der Waals surface area (Å²) in [5, 5.41) is 10.8. The molecule has 100 valence electrons. The lowest BCUT2D eigenvalue weighted by molar-refractivity contribution is 0.141. The van der Waals surface area contributed by atoms with Gasteiger partial charge in [0, 0.05) is 10.6 Å². The Kier molecular flexibility index (Phi) is 3.93. The first-order valence-electron chi connectivity index (χ1n) is 6.46. The fraction of sp³-hybridized carbons (Fsp3) is 0.250. The van der Waals surface area contributed by atoms with Gasteiger partial charge in [0.2, 0.25) is 0 Å². The van der Waals surface area contributed by atoms with Crippen molar-refractivity contribution in [2.24, 2.45) is 0 Å². The number of hydrogen-bond donors (Lipinski definition) is 1. The zero-order valence-electron chi connectivity index (χ0n) is 11.3. The van der Waals surface area contributed by atoms with Crippen molar-refractivity contribution in [2.75, 3.05) is 0 Å². The fourth-order valence-electron chi connectivity index (χ4n) is 2.20. The summed E-state index contributed by atoms with van der Waals surface area (Å²) in [6.07, 6.45) is 0.439. The molecule has 0 spiro atoms. The van der Waals surface area contributed by atoms with E-state index in [1.807, 2.05) is 67.6 Å². The Hall–Kier alpha value is -1.37. The summed E-state index contributed by atoms with van der Waals surface area (Å²) in [5.41, 5.74) is 0. The number of hydrogen-bond acceptors (Lipinski definition) is 2. The van der Waals surface area contributed by atoms with Gasteiger partial charge in [0.05, 0.1) is 0 Å². The lowest BCUT2D eigenvalue weighted by Crippen LogP contribution is -2.34. The second-order valence-corrected chi connectivity index (χ2v) is 8.07. The van der Waals surface area contributed by atoms with Crippen molar-refractivity contribution in [1.29, 1.82) is 0 Å². The van der Waals surface area contributed by atoms with Crippen LogP contribution in [0.25, 0.3) is 0 Å². The molecule has 1 unspecified atom stereocenters. The Morgan fingerprint density at radius 3 is 1.63 bits per heavy atom. The van der Waals surface area contributed by atoms with Crippen molar-refractivity contribution >= 4 is 17.8 Å². The van der Waals surface area contributed by atoms with Gasteiger partial charge in [-0.3, -0.25) is 0 Å². The smallest absolute Gasteiger partial charge is 0.172 e. The number of aliphatic hydroxyl groups is 1. The summed E-state index contributed by atoms with van der Waals surface area (Å²) < 4.78 is 13.6. The van der Waals surface area contributed by atoms with Gasteiger partial charge < -0.3 is 9.67 Å². The quantitative estimate of drug-likeness (QED) is 0.870. The molecule has 0 radical (unpaired) electrons. The van der Waals surface area contributed by atoms with E-state index >= 15 is 0 Å². The monoisotopic (exact) mass is 274 g/mol. The third kappa shape index (κ3) is 2.39. The molecule has 2 aromatic carbocycles. The molecule has 3 heteroatoms. The minimum Gasteiger partial charge on any atom is -0.382 e. The molecular formula is C16H19O2P. The molecule has 0 heterocycles. The van der Waals surface area contributed by atoms with E-state index in [4.69, 9.17) is 0 Å². The van der Waals surface area contributed by atoms with Crippen LogP contribution in [0.2, 0.25) is 0 Å². The summed E-state index contributed by atoms with van der Waals surface area (Å²) in [6, 6.07) is 18.5. The minimum atomic E-state index is -3.07. The van der Waals surface area contributed by atoms with Gasteiger partial charge in [0.25, 0.3) is 0 Å². The maximum atomic E-state index is 13.6. The summed E-state index contributed by atoms with van der Waals surface area (Å²) in [7, 11) is -3.07. The average Bonchev–Trinajstić information content (AvgIpc) is 2.48. The maximum Gasteiger partial charge on any atom is 0.172 e. The third-order valence-corrected chi connectivity index (χ3v) is 7.31. The van der Waals surface area contributed by atoms with E-state index in [-0.39, 0.29) is 0 Å². The van der Waals surface area contributed by atoms with Crippen molar-refractivity contribution in [1.82, 2.24) is 0 Å². The Balaban J connectivity index is 2.69. The van der Waals surface area contributed by atoms with Crippen molar-refractivity contribution in [3.05, 3.63) is 60.7 Å². The van der Waals surface area contributed by atoms with Crippen molar-refractivity contribution in [2.45, 2.75) is 25.6 Å². The molecule has 0 saturated carbocycles. The molecule has 0 fully saturated rings.